The summed E-state index contributed by atoms with van der Waals surface area (Å²) in [6, 6.07) is 20.2. The fourth-order valence-electron chi connectivity index (χ4n) is 3.17. The lowest BCUT2D eigenvalue weighted by Gasteiger charge is -2.27. The van der Waals surface area contributed by atoms with Crippen molar-refractivity contribution in [2.75, 3.05) is 5.32 Å². The second-order valence-electron chi connectivity index (χ2n) is 7.11. The van der Waals surface area contributed by atoms with Crippen molar-refractivity contribution in [3.8, 4) is 0 Å². The van der Waals surface area contributed by atoms with Gasteiger partial charge in [0.1, 0.15) is 0 Å². The molecule has 1 aromatic heterocycles. The van der Waals surface area contributed by atoms with Crippen molar-refractivity contribution in [1.82, 2.24) is 9.88 Å². The molecule has 0 saturated carbocycles. The van der Waals surface area contributed by atoms with E-state index in [1.165, 1.54) is 5.56 Å². The van der Waals surface area contributed by atoms with Crippen LogP contribution in [-0.2, 0) is 13.0 Å². The van der Waals surface area contributed by atoms with E-state index in [-0.39, 0.29) is 11.9 Å². The molecule has 0 aliphatic rings. The molecule has 3 rings (SSSR count). The molecule has 0 bridgehead atoms. The van der Waals surface area contributed by atoms with Gasteiger partial charge in [-0.05, 0) is 43.5 Å². The average molecular weight is 374 g/mol. The van der Waals surface area contributed by atoms with Crippen molar-refractivity contribution in [2.24, 2.45) is 0 Å². The van der Waals surface area contributed by atoms with Crippen LogP contribution in [0.4, 0.5) is 11.4 Å². The molecule has 0 radical (unpaired) electrons. The summed E-state index contributed by atoms with van der Waals surface area (Å²) in [6.45, 7) is 6.78. The van der Waals surface area contributed by atoms with Gasteiger partial charge in [-0.1, -0.05) is 55.5 Å². The molecule has 1 heterocycles. The lowest BCUT2D eigenvalue weighted by atomic mass is 10.1. The van der Waals surface area contributed by atoms with E-state index >= 15 is 0 Å². The number of anilines is 2. The quantitative estimate of drug-likeness (QED) is 0.600. The van der Waals surface area contributed by atoms with Crippen molar-refractivity contribution in [3.05, 3.63) is 89.7 Å². The maximum atomic E-state index is 13.2. The van der Waals surface area contributed by atoms with E-state index in [1.807, 2.05) is 73.3 Å². The third-order valence-electron chi connectivity index (χ3n) is 4.74. The number of aromatic nitrogens is 1. The van der Waals surface area contributed by atoms with Crippen molar-refractivity contribution in [1.29, 1.82) is 0 Å². The molecule has 0 spiro atoms. The molecule has 0 aliphatic heterocycles. The number of carbonyl (C=O) groups is 1. The monoisotopic (exact) mass is 373 g/mol. The molecule has 3 aromatic rings. The summed E-state index contributed by atoms with van der Waals surface area (Å²) in [6.07, 6.45) is 4.33. The van der Waals surface area contributed by atoms with Crippen LogP contribution in [0.2, 0.25) is 0 Å². The number of nitrogens with zero attached hydrogens (tertiary/aromatic N) is 2. The Kier molecular flexibility index (Phi) is 6.43. The van der Waals surface area contributed by atoms with Gasteiger partial charge in [0.25, 0.3) is 5.91 Å². The molecule has 0 saturated heterocycles. The normalized spacial score (nSPS) is 10.7. The summed E-state index contributed by atoms with van der Waals surface area (Å²) in [4.78, 5) is 19.3. The highest BCUT2D eigenvalue weighted by Crippen LogP contribution is 2.22. The maximum absolute atomic E-state index is 13.2. The molecule has 4 heteroatoms. The SMILES string of the molecule is CCc1ccccc1Nc1cncc(C(=O)N(Cc2ccccc2)C(C)C)c1. The highest BCUT2D eigenvalue weighted by atomic mass is 16.2. The van der Waals surface area contributed by atoms with Gasteiger partial charge >= 0.3 is 0 Å². The van der Waals surface area contributed by atoms with Crippen LogP contribution in [0.1, 0.15) is 42.3 Å². The average Bonchev–Trinajstić information content (AvgIpc) is 2.72. The van der Waals surface area contributed by atoms with Crippen LogP contribution in [0.15, 0.2) is 73.1 Å². The van der Waals surface area contributed by atoms with Gasteiger partial charge in [-0.2, -0.15) is 0 Å². The van der Waals surface area contributed by atoms with E-state index in [4.69, 9.17) is 0 Å². The minimum atomic E-state index is -0.0150. The Morgan fingerprint density at radius 2 is 1.75 bits per heavy atom. The number of para-hydroxylation sites is 1. The highest BCUT2D eigenvalue weighted by Gasteiger charge is 2.20. The van der Waals surface area contributed by atoms with E-state index < -0.39 is 0 Å². The predicted octanol–water partition coefficient (Wildman–Crippen LogP) is 5.44. The number of rotatable bonds is 7. The molecule has 0 atom stereocenters. The van der Waals surface area contributed by atoms with Gasteiger partial charge in [-0.25, -0.2) is 0 Å². The zero-order chi connectivity index (χ0) is 19.9. The Bertz CT molecular complexity index is 922. The van der Waals surface area contributed by atoms with Crippen LogP contribution in [0.25, 0.3) is 0 Å². The molecule has 0 unspecified atom stereocenters. The van der Waals surface area contributed by atoms with Crippen molar-refractivity contribution < 1.29 is 4.79 Å². The largest absolute Gasteiger partial charge is 0.354 e. The molecular formula is C24H27N3O. The first-order valence-corrected chi connectivity index (χ1v) is 9.73. The summed E-state index contributed by atoms with van der Waals surface area (Å²) >= 11 is 0. The smallest absolute Gasteiger partial charge is 0.256 e. The van der Waals surface area contributed by atoms with Crippen LogP contribution in [-0.4, -0.2) is 21.8 Å². The number of hydrogen-bond donors (Lipinski definition) is 1. The van der Waals surface area contributed by atoms with Crippen LogP contribution in [0, 0.1) is 0 Å². The molecule has 1 N–H and O–H groups in total. The van der Waals surface area contributed by atoms with Crippen LogP contribution >= 0.6 is 0 Å². The van der Waals surface area contributed by atoms with E-state index in [2.05, 4.69) is 23.3 Å². The predicted molar refractivity (Wildman–Crippen MR) is 115 cm³/mol. The maximum Gasteiger partial charge on any atom is 0.256 e. The standard InChI is InChI=1S/C24H27N3O/c1-4-20-12-8-9-13-23(20)26-22-14-21(15-25-16-22)24(28)27(18(2)3)17-19-10-6-5-7-11-19/h5-16,18,26H,4,17H2,1-3H3. The summed E-state index contributed by atoms with van der Waals surface area (Å²) < 4.78 is 0. The molecule has 0 fully saturated rings. The number of carbonyl (C=O) groups excluding carboxylic acids is 1. The lowest BCUT2D eigenvalue weighted by molar-refractivity contribution is 0.0690. The van der Waals surface area contributed by atoms with Crippen LogP contribution in [0.5, 0.6) is 0 Å². The second-order valence-corrected chi connectivity index (χ2v) is 7.11. The summed E-state index contributed by atoms with van der Waals surface area (Å²) in [5.74, 6) is -0.0150. The molecule has 2 aromatic carbocycles. The first-order valence-electron chi connectivity index (χ1n) is 9.73. The van der Waals surface area contributed by atoms with Gasteiger partial charge in [0.15, 0.2) is 0 Å². The zero-order valence-corrected chi connectivity index (χ0v) is 16.7. The Morgan fingerprint density at radius 3 is 2.46 bits per heavy atom. The number of aryl methyl sites for hydroxylation is 1. The number of nitrogens with one attached hydrogen (secondary N) is 1. The van der Waals surface area contributed by atoms with E-state index in [9.17, 15) is 4.79 Å². The van der Waals surface area contributed by atoms with Gasteiger partial charge in [0.05, 0.1) is 17.4 Å². The minimum Gasteiger partial charge on any atom is -0.354 e. The van der Waals surface area contributed by atoms with Crippen molar-refractivity contribution in [2.45, 2.75) is 39.8 Å². The topological polar surface area (TPSA) is 45.2 Å². The van der Waals surface area contributed by atoms with Gasteiger partial charge in [-0.3, -0.25) is 9.78 Å². The summed E-state index contributed by atoms with van der Waals surface area (Å²) in [5.41, 5.74) is 4.79. The molecule has 1 amide bonds. The van der Waals surface area contributed by atoms with Crippen LogP contribution in [0.3, 0.4) is 0 Å². The molecule has 144 valence electrons. The highest BCUT2D eigenvalue weighted by molar-refractivity contribution is 5.95. The number of amides is 1. The minimum absolute atomic E-state index is 0.0150. The first kappa shape index (κ1) is 19.6. The number of hydrogen-bond acceptors (Lipinski definition) is 3. The van der Waals surface area contributed by atoms with E-state index in [1.54, 1.807) is 12.4 Å². The van der Waals surface area contributed by atoms with E-state index in [0.717, 1.165) is 23.4 Å². The third kappa shape index (κ3) is 4.77. The van der Waals surface area contributed by atoms with Gasteiger partial charge < -0.3 is 10.2 Å². The Morgan fingerprint density at radius 1 is 1.04 bits per heavy atom. The molecule has 0 aliphatic carbocycles. The Labute approximate surface area is 167 Å². The zero-order valence-electron chi connectivity index (χ0n) is 16.7. The Balaban J connectivity index is 1.82. The van der Waals surface area contributed by atoms with Gasteiger partial charge in [0, 0.05) is 24.5 Å². The van der Waals surface area contributed by atoms with Gasteiger partial charge in [0.2, 0.25) is 0 Å². The van der Waals surface area contributed by atoms with Crippen molar-refractivity contribution >= 4 is 17.3 Å². The fourth-order valence-corrected chi connectivity index (χ4v) is 3.17. The first-order chi connectivity index (χ1) is 13.6. The fraction of sp³-hybridized carbons (Fsp3) is 0.250. The molecular weight excluding hydrogens is 346 g/mol. The molecule has 4 nitrogen and oxygen atoms in total. The Hall–Kier alpha value is -3.14. The van der Waals surface area contributed by atoms with Crippen molar-refractivity contribution in [3.63, 3.8) is 0 Å². The lowest BCUT2D eigenvalue weighted by Crippen LogP contribution is -2.36. The second kappa shape index (κ2) is 9.18. The number of pyridine rings is 1. The summed E-state index contributed by atoms with van der Waals surface area (Å²) in [5, 5.41) is 3.40. The third-order valence-corrected chi connectivity index (χ3v) is 4.74. The van der Waals surface area contributed by atoms with Crippen LogP contribution < -0.4 is 5.32 Å². The summed E-state index contributed by atoms with van der Waals surface area (Å²) in [7, 11) is 0. The van der Waals surface area contributed by atoms with E-state index in [0.29, 0.717) is 12.1 Å². The van der Waals surface area contributed by atoms with Gasteiger partial charge in [-0.15, -0.1) is 0 Å². The number of benzene rings is 2. The molecule has 28 heavy (non-hydrogen) atoms.